The average molecular weight is 290 g/mol. The predicted octanol–water partition coefficient (Wildman–Crippen LogP) is 3.33. The first-order valence-electron chi connectivity index (χ1n) is 8.36. The van der Waals surface area contributed by atoms with E-state index in [1.165, 1.54) is 16.8 Å². The molecule has 0 amide bonds. The molecule has 118 valence electrons. The highest BCUT2D eigenvalue weighted by Crippen LogP contribution is 2.23. The zero-order valence-electron chi connectivity index (χ0n) is 14.0. The molecule has 0 aliphatic carbocycles. The van der Waals surface area contributed by atoms with E-state index in [0.717, 1.165) is 39.1 Å². The van der Waals surface area contributed by atoms with Gasteiger partial charge in [0, 0.05) is 31.4 Å². The largest absolute Gasteiger partial charge is 0.382 e. The molecule has 1 fully saturated rings. The van der Waals surface area contributed by atoms with Gasteiger partial charge in [0.15, 0.2) is 0 Å². The van der Waals surface area contributed by atoms with Crippen molar-refractivity contribution in [1.82, 2.24) is 4.90 Å². The summed E-state index contributed by atoms with van der Waals surface area (Å²) in [5.74, 6) is 0. The number of rotatable bonds is 6. The highest BCUT2D eigenvalue weighted by atomic mass is 16.5. The van der Waals surface area contributed by atoms with E-state index >= 15 is 0 Å². The third-order valence-corrected chi connectivity index (χ3v) is 4.41. The second-order valence-corrected chi connectivity index (χ2v) is 6.12. The van der Waals surface area contributed by atoms with Crippen LogP contribution in [-0.2, 0) is 17.6 Å². The minimum absolute atomic E-state index is 0.288. The number of anilines is 1. The minimum atomic E-state index is 0.288. The second-order valence-electron chi connectivity index (χ2n) is 6.12. The van der Waals surface area contributed by atoms with Crippen molar-refractivity contribution >= 4 is 5.69 Å². The normalized spacial score (nSPS) is 20.0. The summed E-state index contributed by atoms with van der Waals surface area (Å²) in [5.41, 5.74) is 4.14. The van der Waals surface area contributed by atoms with Crippen LogP contribution in [0, 0.1) is 0 Å². The zero-order chi connectivity index (χ0) is 15.2. The quantitative estimate of drug-likeness (QED) is 0.869. The maximum Gasteiger partial charge on any atom is 0.0874 e. The first-order valence-corrected chi connectivity index (χ1v) is 8.36. The molecule has 3 nitrogen and oxygen atoms in total. The number of benzene rings is 1. The van der Waals surface area contributed by atoms with Crippen molar-refractivity contribution in [1.29, 1.82) is 0 Å². The van der Waals surface area contributed by atoms with Gasteiger partial charge in [-0.2, -0.15) is 0 Å². The molecule has 2 rings (SSSR count). The lowest BCUT2D eigenvalue weighted by Gasteiger charge is -2.35. The molecule has 0 aromatic heterocycles. The van der Waals surface area contributed by atoms with Crippen molar-refractivity contribution in [3.8, 4) is 0 Å². The fraction of sp³-hybridized carbons (Fsp3) is 0.667. The molecule has 1 unspecified atom stereocenters. The van der Waals surface area contributed by atoms with E-state index in [4.69, 9.17) is 4.74 Å². The van der Waals surface area contributed by atoms with Gasteiger partial charge < -0.3 is 10.1 Å². The Balaban J connectivity index is 1.99. The highest BCUT2D eigenvalue weighted by Gasteiger charge is 2.22. The van der Waals surface area contributed by atoms with Gasteiger partial charge in [-0.3, -0.25) is 4.90 Å². The number of nitrogens with zero attached hydrogens (tertiary/aromatic N) is 1. The number of hydrogen-bond acceptors (Lipinski definition) is 3. The molecule has 1 atom stereocenters. The first-order chi connectivity index (χ1) is 10.2. The monoisotopic (exact) mass is 290 g/mol. The zero-order valence-corrected chi connectivity index (χ0v) is 14.0. The van der Waals surface area contributed by atoms with Gasteiger partial charge in [-0.1, -0.05) is 32.0 Å². The third kappa shape index (κ3) is 4.21. The molecule has 0 saturated carbocycles. The summed E-state index contributed by atoms with van der Waals surface area (Å²) in [6.07, 6.45) is 2.43. The smallest absolute Gasteiger partial charge is 0.0874 e. The van der Waals surface area contributed by atoms with Gasteiger partial charge in [-0.25, -0.2) is 0 Å². The van der Waals surface area contributed by atoms with Crippen LogP contribution in [0.15, 0.2) is 18.2 Å². The van der Waals surface area contributed by atoms with Gasteiger partial charge in [-0.15, -0.1) is 0 Å². The van der Waals surface area contributed by atoms with E-state index in [-0.39, 0.29) is 6.10 Å². The summed E-state index contributed by atoms with van der Waals surface area (Å²) in [7, 11) is 0. The van der Waals surface area contributed by atoms with E-state index < -0.39 is 0 Å². The minimum Gasteiger partial charge on any atom is -0.382 e. The molecule has 1 N–H and O–H groups in total. The van der Waals surface area contributed by atoms with Gasteiger partial charge in [0.25, 0.3) is 0 Å². The van der Waals surface area contributed by atoms with Crippen LogP contribution in [0.1, 0.15) is 38.8 Å². The first kappa shape index (κ1) is 16.3. The van der Waals surface area contributed by atoms with Crippen molar-refractivity contribution in [3.63, 3.8) is 0 Å². The summed E-state index contributed by atoms with van der Waals surface area (Å²) in [4.78, 5) is 2.50. The number of ether oxygens (including phenoxy) is 1. The number of hydrogen-bond donors (Lipinski definition) is 1. The lowest BCUT2D eigenvalue weighted by Crippen LogP contribution is -2.48. The maximum absolute atomic E-state index is 5.92. The van der Waals surface area contributed by atoms with Gasteiger partial charge >= 0.3 is 0 Å². The predicted molar refractivity (Wildman–Crippen MR) is 90.1 cm³/mol. The summed E-state index contributed by atoms with van der Waals surface area (Å²) < 4.78 is 5.92. The van der Waals surface area contributed by atoms with E-state index in [2.05, 4.69) is 56.1 Å². The molecule has 1 aliphatic rings. The molecule has 21 heavy (non-hydrogen) atoms. The van der Waals surface area contributed by atoms with E-state index in [1.807, 2.05) is 0 Å². The topological polar surface area (TPSA) is 24.5 Å². The van der Waals surface area contributed by atoms with Crippen molar-refractivity contribution in [2.45, 2.75) is 52.7 Å². The van der Waals surface area contributed by atoms with Crippen LogP contribution in [0.2, 0.25) is 0 Å². The fourth-order valence-corrected chi connectivity index (χ4v) is 3.02. The number of aryl methyl sites for hydroxylation is 2. The van der Waals surface area contributed by atoms with Gasteiger partial charge in [0.2, 0.25) is 0 Å². The van der Waals surface area contributed by atoms with Crippen LogP contribution in [0.3, 0.4) is 0 Å². The standard InChI is InChI=1S/C18H30N2O/c1-5-15-8-7-9-16(6-2)18(15)19-12-17-13-20(14(3)4)10-11-21-17/h7-9,14,17,19H,5-6,10-13H2,1-4H3. The lowest BCUT2D eigenvalue weighted by molar-refractivity contribution is -0.0315. The van der Waals surface area contributed by atoms with E-state index in [9.17, 15) is 0 Å². The Kier molecular flexibility index (Phi) is 6.07. The molecule has 1 saturated heterocycles. The Labute approximate surface area is 129 Å². The van der Waals surface area contributed by atoms with Crippen molar-refractivity contribution in [2.24, 2.45) is 0 Å². The molecule has 0 spiro atoms. The van der Waals surface area contributed by atoms with E-state index in [0.29, 0.717) is 6.04 Å². The van der Waals surface area contributed by atoms with Gasteiger partial charge in [-0.05, 0) is 37.8 Å². The Bertz CT molecular complexity index is 423. The molecule has 1 aromatic rings. The molecule has 3 heteroatoms. The van der Waals surface area contributed by atoms with Crippen LogP contribution in [0.25, 0.3) is 0 Å². The van der Waals surface area contributed by atoms with E-state index in [1.54, 1.807) is 0 Å². The molecule has 1 aliphatic heterocycles. The number of morpholine rings is 1. The van der Waals surface area contributed by atoms with Crippen LogP contribution >= 0.6 is 0 Å². The Morgan fingerprint density at radius 2 is 1.90 bits per heavy atom. The second kappa shape index (κ2) is 7.81. The SMILES string of the molecule is CCc1cccc(CC)c1NCC1CN(C(C)C)CCO1. The van der Waals surface area contributed by atoms with Crippen molar-refractivity contribution in [2.75, 3.05) is 31.6 Å². The van der Waals surface area contributed by atoms with Gasteiger partial charge in [0.1, 0.15) is 0 Å². The molecule has 0 radical (unpaired) electrons. The van der Waals surface area contributed by atoms with Crippen LogP contribution in [0.5, 0.6) is 0 Å². The average Bonchev–Trinajstić information content (AvgIpc) is 2.52. The highest BCUT2D eigenvalue weighted by molar-refractivity contribution is 5.58. The Hall–Kier alpha value is -1.06. The van der Waals surface area contributed by atoms with Crippen LogP contribution in [-0.4, -0.2) is 43.3 Å². The summed E-state index contributed by atoms with van der Waals surface area (Å²) in [6, 6.07) is 7.22. The molecule has 1 heterocycles. The Morgan fingerprint density at radius 1 is 1.24 bits per heavy atom. The molecular weight excluding hydrogens is 260 g/mol. The van der Waals surface area contributed by atoms with Crippen LogP contribution < -0.4 is 5.32 Å². The van der Waals surface area contributed by atoms with Gasteiger partial charge in [0.05, 0.1) is 12.7 Å². The number of para-hydroxylation sites is 1. The van der Waals surface area contributed by atoms with Crippen molar-refractivity contribution < 1.29 is 4.74 Å². The molecule has 1 aromatic carbocycles. The van der Waals surface area contributed by atoms with Crippen molar-refractivity contribution in [3.05, 3.63) is 29.3 Å². The summed E-state index contributed by atoms with van der Waals surface area (Å²) in [5, 5.41) is 3.66. The summed E-state index contributed by atoms with van der Waals surface area (Å²) >= 11 is 0. The summed E-state index contributed by atoms with van der Waals surface area (Å²) in [6.45, 7) is 12.8. The number of nitrogens with one attached hydrogen (secondary N) is 1. The Morgan fingerprint density at radius 3 is 2.48 bits per heavy atom. The lowest BCUT2D eigenvalue weighted by atomic mass is 10.0. The third-order valence-electron chi connectivity index (χ3n) is 4.41. The molecule has 0 bridgehead atoms. The van der Waals surface area contributed by atoms with Crippen LogP contribution in [0.4, 0.5) is 5.69 Å². The maximum atomic E-state index is 5.92. The fourth-order valence-electron chi connectivity index (χ4n) is 3.02. The molecular formula is C18H30N2O.